The van der Waals surface area contributed by atoms with Crippen LogP contribution in [0.4, 0.5) is 0 Å². The van der Waals surface area contributed by atoms with Gasteiger partial charge in [-0.25, -0.2) is 0 Å². The summed E-state index contributed by atoms with van der Waals surface area (Å²) in [7, 11) is 0. The Morgan fingerprint density at radius 3 is 1.34 bits per heavy atom. The van der Waals surface area contributed by atoms with Gasteiger partial charge in [0, 0.05) is 12.8 Å². The highest BCUT2D eigenvalue weighted by molar-refractivity contribution is 5.70. The molecule has 15 nitrogen and oxygen atoms in total. The topological polar surface area (TPSA) is 231 Å². The third-order valence-corrected chi connectivity index (χ3v) is 14.1. The first-order valence-corrected chi connectivity index (χ1v) is 29.6. The molecule has 2 rings (SSSR count). The van der Waals surface area contributed by atoms with Crippen LogP contribution in [0.5, 0.6) is 0 Å². The van der Waals surface area contributed by atoms with E-state index in [9.17, 15) is 45.3 Å². The quantitative estimate of drug-likeness (QED) is 0.0171. The van der Waals surface area contributed by atoms with E-state index in [2.05, 4.69) is 50.3 Å². The molecule has 2 aliphatic rings. The molecule has 7 N–H and O–H groups in total. The molecule has 15 heteroatoms. The zero-order valence-corrected chi connectivity index (χ0v) is 46.1. The number of aliphatic hydroxyl groups is 7. The predicted octanol–water partition coefficient (Wildman–Crippen LogP) is 10.1. The molecule has 11 atom stereocenters. The van der Waals surface area contributed by atoms with Crippen molar-refractivity contribution in [3.05, 3.63) is 36.5 Å². The highest BCUT2D eigenvalue weighted by atomic mass is 16.7. The van der Waals surface area contributed by atoms with Gasteiger partial charge in [0.2, 0.25) is 0 Å². The maximum Gasteiger partial charge on any atom is 0.306 e. The van der Waals surface area contributed by atoms with Gasteiger partial charge in [-0.2, -0.15) is 0 Å². The summed E-state index contributed by atoms with van der Waals surface area (Å²) in [5.74, 6) is -0.935. The van der Waals surface area contributed by atoms with Crippen molar-refractivity contribution in [1.82, 2.24) is 0 Å². The number of aliphatic hydroxyl groups excluding tert-OH is 7. The Bertz CT molecular complexity index is 1430. The van der Waals surface area contributed by atoms with Crippen LogP contribution in [0.25, 0.3) is 0 Å². The minimum atomic E-state index is -1.77. The molecule has 0 bridgehead atoms. The summed E-state index contributed by atoms with van der Waals surface area (Å²) in [4.78, 5) is 25.9. The second kappa shape index (κ2) is 45.7. The van der Waals surface area contributed by atoms with E-state index in [1.807, 2.05) is 0 Å². The lowest BCUT2D eigenvalue weighted by Crippen LogP contribution is -2.61. The first kappa shape index (κ1) is 67.8. The normalized spacial score (nSPS) is 24.9. The number of unbranched alkanes of at least 4 members (excludes halogenated alkanes) is 27. The smallest absolute Gasteiger partial charge is 0.306 e. The lowest BCUT2D eigenvalue weighted by Gasteiger charge is -2.42. The number of allylic oxidation sites excluding steroid dienone is 6. The summed E-state index contributed by atoms with van der Waals surface area (Å²) in [6.45, 7) is 2.50. The van der Waals surface area contributed by atoms with Crippen LogP contribution in [0.1, 0.15) is 232 Å². The van der Waals surface area contributed by atoms with Crippen molar-refractivity contribution in [2.24, 2.45) is 0 Å². The van der Waals surface area contributed by atoms with Crippen LogP contribution in [0, 0.1) is 0 Å². The van der Waals surface area contributed by atoms with Gasteiger partial charge in [0.1, 0.15) is 55.4 Å². The average Bonchev–Trinajstić information content (AvgIpc) is 3.39. The standard InChI is InChI=1S/C59H106O15/c1-3-5-7-9-11-13-15-17-19-20-21-22-23-24-25-26-28-29-31-33-35-37-39-41-50(61)69-44-47(72-51(62)42-40-38-36-34-32-30-27-18-16-14-12-10-8-6-4-2)45-70-58-57(68)55(66)53(64)49(74-58)46-71-59-56(67)54(65)52(63)48(43-60)73-59/h6,8,12,14,18,27,47-49,52-60,63-68H,3-5,7,9-11,13,15-17,19-26,28-46H2,1-2H3/b8-6+,14-12+,27-18+/t47-,48+,49+,52-,53-,54?,55?,56?,57?,58+,59+/m0/s1. The summed E-state index contributed by atoms with van der Waals surface area (Å²) in [6.07, 6.45) is 34.6. The molecule has 2 heterocycles. The minimum absolute atomic E-state index is 0.147. The van der Waals surface area contributed by atoms with Crippen molar-refractivity contribution in [3.63, 3.8) is 0 Å². The number of hydrogen-bond acceptors (Lipinski definition) is 15. The third kappa shape index (κ3) is 32.5. The van der Waals surface area contributed by atoms with Crippen LogP contribution in [0.15, 0.2) is 36.5 Å². The molecule has 74 heavy (non-hydrogen) atoms. The summed E-state index contributed by atoms with van der Waals surface area (Å²) >= 11 is 0. The molecule has 432 valence electrons. The molecular formula is C59H106O15. The van der Waals surface area contributed by atoms with Gasteiger partial charge in [-0.15, -0.1) is 0 Å². The summed E-state index contributed by atoms with van der Waals surface area (Å²) in [5, 5.41) is 72.3. The predicted molar refractivity (Wildman–Crippen MR) is 289 cm³/mol. The van der Waals surface area contributed by atoms with Crippen LogP contribution in [-0.4, -0.2) is 142 Å². The van der Waals surface area contributed by atoms with Gasteiger partial charge in [-0.05, 0) is 44.9 Å². The Kier molecular flexibility index (Phi) is 41.9. The molecule has 0 aromatic rings. The van der Waals surface area contributed by atoms with Crippen molar-refractivity contribution in [2.45, 2.75) is 300 Å². The summed E-state index contributed by atoms with van der Waals surface area (Å²) in [6, 6.07) is 0. The lowest BCUT2D eigenvalue weighted by molar-refractivity contribution is -0.332. The fourth-order valence-corrected chi connectivity index (χ4v) is 9.35. The number of esters is 2. The van der Waals surface area contributed by atoms with Crippen LogP contribution in [0.3, 0.4) is 0 Å². The molecule has 0 amide bonds. The molecule has 2 fully saturated rings. The largest absolute Gasteiger partial charge is 0.462 e. The van der Waals surface area contributed by atoms with Crippen LogP contribution >= 0.6 is 0 Å². The average molecular weight is 1060 g/mol. The maximum atomic E-state index is 13.0. The molecule has 2 aliphatic heterocycles. The van der Waals surface area contributed by atoms with E-state index in [1.165, 1.54) is 122 Å². The molecule has 0 aromatic heterocycles. The zero-order valence-electron chi connectivity index (χ0n) is 46.1. The number of carbonyl (C=O) groups excluding carboxylic acids is 2. The Morgan fingerprint density at radius 2 is 0.851 bits per heavy atom. The van der Waals surface area contributed by atoms with Gasteiger partial charge in [-0.1, -0.05) is 211 Å². The van der Waals surface area contributed by atoms with Crippen LogP contribution in [-0.2, 0) is 38.0 Å². The van der Waals surface area contributed by atoms with E-state index in [0.29, 0.717) is 12.8 Å². The SMILES string of the molecule is CC/C=C/C/C=C/C/C=C/CCCCCCCC(=O)O[C@@H](COC(=O)CCCCCCCCCCCCCCCCCCCCCCCCC)CO[C@@H]1O[C@H](CO[C@@H]2O[C@H](CO)[C@H](O)C(O)C2O)[C@H](O)C(O)C1O. The monoisotopic (exact) mass is 1050 g/mol. The van der Waals surface area contributed by atoms with E-state index in [4.69, 9.17) is 28.4 Å². The first-order chi connectivity index (χ1) is 36.0. The molecule has 0 radical (unpaired) electrons. The van der Waals surface area contributed by atoms with Crippen LogP contribution < -0.4 is 0 Å². The highest BCUT2D eigenvalue weighted by Gasteiger charge is 2.47. The van der Waals surface area contributed by atoms with Gasteiger partial charge in [0.15, 0.2) is 18.7 Å². The van der Waals surface area contributed by atoms with Gasteiger partial charge >= 0.3 is 11.9 Å². The van der Waals surface area contributed by atoms with Gasteiger partial charge < -0.3 is 64.2 Å². The van der Waals surface area contributed by atoms with Gasteiger partial charge in [-0.3, -0.25) is 9.59 Å². The molecular weight excluding hydrogens is 949 g/mol. The summed E-state index contributed by atoms with van der Waals surface area (Å²) < 4.78 is 33.7. The highest BCUT2D eigenvalue weighted by Crippen LogP contribution is 2.27. The lowest BCUT2D eigenvalue weighted by atomic mass is 9.98. The fourth-order valence-electron chi connectivity index (χ4n) is 9.35. The molecule has 0 aliphatic carbocycles. The second-order valence-electron chi connectivity index (χ2n) is 20.8. The minimum Gasteiger partial charge on any atom is -0.462 e. The number of hydrogen-bond donors (Lipinski definition) is 7. The number of ether oxygens (including phenoxy) is 6. The van der Waals surface area contributed by atoms with Crippen molar-refractivity contribution < 1.29 is 73.8 Å². The molecule has 2 saturated heterocycles. The Labute approximate surface area is 446 Å². The van der Waals surface area contributed by atoms with Crippen molar-refractivity contribution in [3.8, 4) is 0 Å². The van der Waals surface area contributed by atoms with Gasteiger partial charge in [0.25, 0.3) is 0 Å². The number of rotatable bonds is 47. The number of carbonyl (C=O) groups is 2. The molecule has 4 unspecified atom stereocenters. The molecule has 0 aromatic carbocycles. The molecule has 0 saturated carbocycles. The van der Waals surface area contributed by atoms with Crippen LogP contribution in [0.2, 0.25) is 0 Å². The summed E-state index contributed by atoms with van der Waals surface area (Å²) in [5.41, 5.74) is 0. The second-order valence-corrected chi connectivity index (χ2v) is 20.8. The first-order valence-electron chi connectivity index (χ1n) is 29.6. The van der Waals surface area contributed by atoms with E-state index < -0.39 is 92.7 Å². The Balaban J connectivity index is 1.72. The van der Waals surface area contributed by atoms with Crippen molar-refractivity contribution in [1.29, 1.82) is 0 Å². The zero-order chi connectivity index (χ0) is 53.9. The van der Waals surface area contributed by atoms with E-state index in [0.717, 1.165) is 70.6 Å². The third-order valence-electron chi connectivity index (χ3n) is 14.1. The van der Waals surface area contributed by atoms with E-state index in [-0.39, 0.29) is 26.1 Å². The van der Waals surface area contributed by atoms with Crippen molar-refractivity contribution in [2.75, 3.05) is 26.4 Å². The molecule has 0 spiro atoms. The fraction of sp³-hybridized carbons (Fsp3) is 0.864. The van der Waals surface area contributed by atoms with Crippen molar-refractivity contribution >= 4 is 11.9 Å². The Hall–Kier alpha value is -2.28. The van der Waals surface area contributed by atoms with E-state index in [1.54, 1.807) is 0 Å². The van der Waals surface area contributed by atoms with Gasteiger partial charge in [0.05, 0.1) is 19.8 Å². The maximum absolute atomic E-state index is 13.0. The van der Waals surface area contributed by atoms with E-state index >= 15 is 0 Å². The Morgan fingerprint density at radius 1 is 0.446 bits per heavy atom.